The van der Waals surface area contributed by atoms with E-state index in [1.165, 1.54) is 5.57 Å². The number of aliphatic hydroxyl groups is 1. The molecule has 190 valence electrons. The standard InChI is InChI=1S/C27H38FN5O2/c1-4-17-11-19(35)7-8-20(17)21-9-10-22-25(24(21)28)31-32-26(22)27-29-12-23(30-27)18-6-5-15(2)33(13-18)16(3)14-34/h6-8,11-12,15-16,21-22,24-26,31-32,34-35H,4-5,9-10,13-14H2,1-3H3,(H,29,30)/t15-,16?,21?,22?,24?,25?,26?/m0/s1. The average Bonchev–Trinajstić information content (AvgIpc) is 3.52. The number of aryl methyl sites for hydroxylation is 1. The van der Waals surface area contributed by atoms with Gasteiger partial charge in [0.05, 0.1) is 30.6 Å². The summed E-state index contributed by atoms with van der Waals surface area (Å²) in [6.45, 7) is 7.20. The number of nitrogens with one attached hydrogen (secondary N) is 3. The first-order chi connectivity index (χ1) is 16.9. The Kier molecular flexibility index (Phi) is 6.99. The van der Waals surface area contributed by atoms with E-state index < -0.39 is 6.17 Å². The summed E-state index contributed by atoms with van der Waals surface area (Å²) in [6, 6.07) is 5.47. The highest BCUT2D eigenvalue weighted by molar-refractivity contribution is 5.64. The van der Waals surface area contributed by atoms with Gasteiger partial charge in [-0.25, -0.2) is 14.8 Å². The van der Waals surface area contributed by atoms with Crippen LogP contribution in [0.4, 0.5) is 4.39 Å². The van der Waals surface area contributed by atoms with Crippen molar-refractivity contribution in [1.29, 1.82) is 0 Å². The van der Waals surface area contributed by atoms with Gasteiger partial charge in [-0.1, -0.05) is 19.1 Å². The number of rotatable bonds is 6. The fraction of sp³-hybridized carbons (Fsp3) is 0.593. The van der Waals surface area contributed by atoms with E-state index in [1.54, 1.807) is 12.1 Å². The van der Waals surface area contributed by atoms with E-state index in [4.69, 9.17) is 4.98 Å². The number of imidazole rings is 1. The number of phenolic OH excluding ortho intramolecular Hbond substituents is 1. The Bertz CT molecular complexity index is 1070. The second kappa shape index (κ2) is 10.0. The molecule has 2 fully saturated rings. The quantitative estimate of drug-likeness (QED) is 0.431. The molecule has 0 amide bonds. The van der Waals surface area contributed by atoms with Crippen molar-refractivity contribution in [3.05, 3.63) is 53.1 Å². The largest absolute Gasteiger partial charge is 0.508 e. The Morgan fingerprint density at radius 1 is 1.26 bits per heavy atom. The Morgan fingerprint density at radius 2 is 2.09 bits per heavy atom. The van der Waals surface area contributed by atoms with Crippen molar-refractivity contribution in [3.63, 3.8) is 0 Å². The number of halogens is 1. The molecule has 2 aliphatic heterocycles. The first-order valence-electron chi connectivity index (χ1n) is 13.0. The maximum atomic E-state index is 15.8. The number of benzene rings is 1. The molecule has 5 N–H and O–H groups in total. The van der Waals surface area contributed by atoms with Crippen molar-refractivity contribution < 1.29 is 14.6 Å². The van der Waals surface area contributed by atoms with Crippen LogP contribution in [0.5, 0.6) is 5.75 Å². The van der Waals surface area contributed by atoms with Gasteiger partial charge >= 0.3 is 0 Å². The SMILES string of the molecule is CCc1cc(O)ccc1C1CCC2C(c3ncc(C4=CC[C@H](C)N(C(C)CO)C4)[nH]3)NNC2C1F. The number of aromatic nitrogens is 2. The van der Waals surface area contributed by atoms with Gasteiger partial charge in [0.1, 0.15) is 17.7 Å². The minimum Gasteiger partial charge on any atom is -0.508 e. The third kappa shape index (κ3) is 4.53. The summed E-state index contributed by atoms with van der Waals surface area (Å²) in [7, 11) is 0. The lowest BCUT2D eigenvalue weighted by atomic mass is 9.71. The topological polar surface area (TPSA) is 96.4 Å². The average molecular weight is 484 g/mol. The molecule has 1 saturated carbocycles. The molecule has 7 nitrogen and oxygen atoms in total. The van der Waals surface area contributed by atoms with E-state index in [9.17, 15) is 10.2 Å². The Morgan fingerprint density at radius 3 is 2.86 bits per heavy atom. The number of hydrogen-bond donors (Lipinski definition) is 5. The highest BCUT2D eigenvalue weighted by Crippen LogP contribution is 2.45. The molecule has 8 heteroatoms. The Labute approximate surface area is 206 Å². The summed E-state index contributed by atoms with van der Waals surface area (Å²) in [5, 5.41) is 19.5. The number of H-pyrrole nitrogens is 1. The summed E-state index contributed by atoms with van der Waals surface area (Å²) in [4.78, 5) is 10.5. The highest BCUT2D eigenvalue weighted by atomic mass is 19.1. The third-order valence-corrected chi connectivity index (χ3v) is 8.43. The van der Waals surface area contributed by atoms with Crippen molar-refractivity contribution in [2.75, 3.05) is 13.2 Å². The van der Waals surface area contributed by atoms with E-state index in [0.717, 1.165) is 54.9 Å². The summed E-state index contributed by atoms with van der Waals surface area (Å²) >= 11 is 0. The van der Waals surface area contributed by atoms with Crippen LogP contribution in [0.2, 0.25) is 0 Å². The fourth-order valence-electron chi connectivity index (χ4n) is 6.32. The maximum Gasteiger partial charge on any atom is 0.125 e. The van der Waals surface area contributed by atoms with Gasteiger partial charge in [0.25, 0.3) is 0 Å². The summed E-state index contributed by atoms with van der Waals surface area (Å²) in [5.74, 6) is 1.00. The summed E-state index contributed by atoms with van der Waals surface area (Å²) in [6.07, 6.45) is 6.49. The van der Waals surface area contributed by atoms with Gasteiger partial charge in [-0.2, -0.15) is 0 Å². The predicted octanol–water partition coefficient (Wildman–Crippen LogP) is 3.59. The van der Waals surface area contributed by atoms with Gasteiger partial charge < -0.3 is 15.2 Å². The number of aromatic amines is 1. The van der Waals surface area contributed by atoms with Crippen LogP contribution in [0.25, 0.3) is 5.57 Å². The Balaban J connectivity index is 1.31. The van der Waals surface area contributed by atoms with Gasteiger partial charge in [-0.15, -0.1) is 0 Å². The van der Waals surface area contributed by atoms with E-state index in [-0.39, 0.29) is 42.3 Å². The van der Waals surface area contributed by atoms with Crippen LogP contribution in [0.1, 0.15) is 74.6 Å². The third-order valence-electron chi connectivity index (χ3n) is 8.43. The lowest BCUT2D eigenvalue weighted by Gasteiger charge is -2.37. The molecule has 0 spiro atoms. The van der Waals surface area contributed by atoms with Gasteiger partial charge in [0, 0.05) is 30.5 Å². The zero-order valence-electron chi connectivity index (χ0n) is 20.8. The van der Waals surface area contributed by atoms with Gasteiger partial charge in [0.15, 0.2) is 0 Å². The minimum atomic E-state index is -1.02. The molecule has 1 aromatic carbocycles. The first-order valence-corrected chi connectivity index (χ1v) is 13.0. The lowest BCUT2D eigenvalue weighted by molar-refractivity contribution is 0.111. The molecule has 6 unspecified atom stereocenters. The number of phenols is 1. The van der Waals surface area contributed by atoms with Crippen LogP contribution < -0.4 is 10.9 Å². The summed E-state index contributed by atoms with van der Waals surface area (Å²) < 4.78 is 15.8. The maximum absolute atomic E-state index is 15.8. The molecule has 1 aromatic heterocycles. The normalized spacial score (nSPS) is 32.3. The van der Waals surface area contributed by atoms with Crippen LogP contribution in [-0.4, -0.2) is 62.5 Å². The number of fused-ring (bicyclic) bond motifs is 1. The number of nitrogens with zero attached hydrogens (tertiary/aromatic N) is 2. The predicted molar refractivity (Wildman–Crippen MR) is 135 cm³/mol. The Hall–Kier alpha value is -2.26. The number of hydrazine groups is 1. The monoisotopic (exact) mass is 483 g/mol. The van der Waals surface area contributed by atoms with Crippen molar-refractivity contribution in [2.24, 2.45) is 5.92 Å². The zero-order chi connectivity index (χ0) is 24.7. The van der Waals surface area contributed by atoms with E-state index in [1.807, 2.05) is 19.2 Å². The van der Waals surface area contributed by atoms with Crippen LogP contribution in [-0.2, 0) is 6.42 Å². The van der Waals surface area contributed by atoms with Crippen molar-refractivity contribution >= 4 is 5.57 Å². The number of aliphatic hydroxyl groups excluding tert-OH is 1. The molecular weight excluding hydrogens is 445 g/mol. The molecule has 3 aliphatic rings. The summed E-state index contributed by atoms with van der Waals surface area (Å²) in [5.41, 5.74) is 10.8. The molecule has 2 aromatic rings. The van der Waals surface area contributed by atoms with Gasteiger partial charge in [-0.3, -0.25) is 10.3 Å². The van der Waals surface area contributed by atoms with Crippen molar-refractivity contribution in [1.82, 2.24) is 25.7 Å². The number of hydrogen-bond acceptors (Lipinski definition) is 6. The van der Waals surface area contributed by atoms with Crippen LogP contribution in [0, 0.1) is 5.92 Å². The minimum absolute atomic E-state index is 0.0750. The van der Waals surface area contributed by atoms with Crippen LogP contribution >= 0.6 is 0 Å². The second-order valence-electron chi connectivity index (χ2n) is 10.5. The van der Waals surface area contributed by atoms with E-state index in [2.05, 4.69) is 40.7 Å². The second-order valence-corrected chi connectivity index (χ2v) is 10.5. The van der Waals surface area contributed by atoms with Gasteiger partial charge in [-0.05, 0) is 68.4 Å². The van der Waals surface area contributed by atoms with Crippen LogP contribution in [0.15, 0.2) is 30.5 Å². The molecule has 0 bridgehead atoms. The van der Waals surface area contributed by atoms with Crippen molar-refractivity contribution in [2.45, 2.75) is 82.7 Å². The first kappa shape index (κ1) is 24.4. The molecule has 5 rings (SSSR count). The molecular formula is C27H38FN5O2. The number of alkyl halides is 1. The van der Waals surface area contributed by atoms with E-state index >= 15 is 4.39 Å². The molecule has 1 saturated heterocycles. The zero-order valence-corrected chi connectivity index (χ0v) is 20.8. The fourth-order valence-corrected chi connectivity index (χ4v) is 6.32. The molecule has 7 atom stereocenters. The lowest BCUT2D eigenvalue weighted by Crippen LogP contribution is -2.45. The van der Waals surface area contributed by atoms with Crippen LogP contribution in [0.3, 0.4) is 0 Å². The smallest absolute Gasteiger partial charge is 0.125 e. The van der Waals surface area contributed by atoms with Gasteiger partial charge in [0.2, 0.25) is 0 Å². The highest BCUT2D eigenvalue weighted by Gasteiger charge is 2.48. The molecule has 0 radical (unpaired) electrons. The molecule has 3 heterocycles. The van der Waals surface area contributed by atoms with E-state index in [0.29, 0.717) is 6.04 Å². The van der Waals surface area contributed by atoms with Crippen molar-refractivity contribution in [3.8, 4) is 5.75 Å². The molecule has 1 aliphatic carbocycles. The molecule has 35 heavy (non-hydrogen) atoms. The number of aromatic hydroxyl groups is 1.